The smallest absolute Gasteiger partial charge is 0.475 e. The minimum atomic E-state index is -5.08. The van der Waals surface area contributed by atoms with Crippen molar-refractivity contribution >= 4 is 52.1 Å². The monoisotopic (exact) mass is 1190 g/mol. The van der Waals surface area contributed by atoms with Gasteiger partial charge in [-0.05, 0) is 66.8 Å². The van der Waals surface area contributed by atoms with Crippen LogP contribution in [-0.2, 0) is 58.8 Å². The molecule has 26 heteroatoms. The molecular weight excluding hydrogens is 1120 g/mol. The van der Waals surface area contributed by atoms with Gasteiger partial charge in [-0.2, -0.15) is 13.2 Å². The molecule has 0 atom stereocenters. The third-order valence-electron chi connectivity index (χ3n) is 12.9. The van der Waals surface area contributed by atoms with Crippen LogP contribution in [0.5, 0.6) is 0 Å². The molecular formula is C57H75ClF4N8O13. The molecule has 2 aliphatic heterocycles. The van der Waals surface area contributed by atoms with E-state index in [0.29, 0.717) is 186 Å². The maximum absolute atomic E-state index is 15.2. The number of alkyl halides is 3. The van der Waals surface area contributed by atoms with Crippen molar-refractivity contribution < 1.29 is 79.7 Å². The van der Waals surface area contributed by atoms with Crippen LogP contribution in [0.1, 0.15) is 30.4 Å². The number of carboxylic acids is 1. The fraction of sp³-hybridized carbons (Fsp3) is 0.526. The second-order valence-electron chi connectivity index (χ2n) is 19.1. The number of aliphatic carboxylic acids is 1. The molecule has 5 N–H and O–H groups in total. The van der Waals surface area contributed by atoms with Crippen LogP contribution in [0.4, 0.5) is 33.9 Å². The van der Waals surface area contributed by atoms with Crippen LogP contribution in [0, 0.1) is 12.7 Å². The molecule has 0 aliphatic carbocycles. The molecule has 0 bridgehead atoms. The number of imidazole rings is 1. The first-order valence-electron chi connectivity index (χ1n) is 27.5. The van der Waals surface area contributed by atoms with Crippen molar-refractivity contribution in [3.8, 4) is 22.5 Å². The molecule has 0 saturated carbocycles. The number of rotatable bonds is 33. The predicted octanol–water partition coefficient (Wildman–Crippen LogP) is 7.05. The average Bonchev–Trinajstić information content (AvgIpc) is 3.62. The van der Waals surface area contributed by atoms with E-state index in [1.54, 1.807) is 0 Å². The average molecular weight is 1190 g/mol. The Labute approximate surface area is 484 Å². The summed E-state index contributed by atoms with van der Waals surface area (Å²) in [5, 5.41) is 10.7. The molecule has 2 aliphatic rings. The number of anilines is 2. The Kier molecular flexibility index (Phi) is 28.4. The van der Waals surface area contributed by atoms with Crippen LogP contribution in [0.3, 0.4) is 0 Å². The molecule has 456 valence electrons. The van der Waals surface area contributed by atoms with E-state index in [4.69, 9.17) is 79.8 Å². The Balaban J connectivity index is 0.00000148. The number of aromatic amines is 1. The summed E-state index contributed by atoms with van der Waals surface area (Å²) in [6.45, 7) is 13.0. The van der Waals surface area contributed by atoms with Crippen molar-refractivity contribution in [1.29, 1.82) is 0 Å². The van der Waals surface area contributed by atoms with Gasteiger partial charge in [0.05, 0.1) is 134 Å². The first-order chi connectivity index (χ1) is 40.2. The normalized spacial score (nSPS) is 14.0. The summed E-state index contributed by atoms with van der Waals surface area (Å²) in [6, 6.07) is 20.0. The highest BCUT2D eigenvalue weighted by atomic mass is 35.5. The number of pyridine rings is 1. The largest absolute Gasteiger partial charge is 0.490 e. The van der Waals surface area contributed by atoms with Crippen molar-refractivity contribution in [3.63, 3.8) is 0 Å². The molecule has 4 heterocycles. The van der Waals surface area contributed by atoms with E-state index in [1.165, 1.54) is 12.1 Å². The Hall–Kier alpha value is -6.26. The topological polar surface area (TPSA) is 244 Å². The molecule has 2 fully saturated rings. The van der Waals surface area contributed by atoms with E-state index in [1.807, 2.05) is 72.6 Å². The van der Waals surface area contributed by atoms with Gasteiger partial charge in [-0.1, -0.05) is 48.0 Å². The van der Waals surface area contributed by atoms with Crippen LogP contribution >= 0.6 is 11.6 Å². The summed E-state index contributed by atoms with van der Waals surface area (Å²) in [4.78, 5) is 55.3. The molecule has 5 aromatic rings. The Morgan fingerprint density at radius 1 is 0.723 bits per heavy atom. The highest BCUT2D eigenvalue weighted by Crippen LogP contribution is 2.45. The number of nitrogens with one attached hydrogen (secondary N) is 2. The third-order valence-corrected chi connectivity index (χ3v) is 13.1. The number of aromatic nitrogens is 3. The van der Waals surface area contributed by atoms with Crippen molar-refractivity contribution in [1.82, 2.24) is 25.2 Å². The van der Waals surface area contributed by atoms with Gasteiger partial charge in [0.15, 0.2) is 0 Å². The van der Waals surface area contributed by atoms with Crippen molar-refractivity contribution in [3.05, 3.63) is 94.9 Å². The van der Waals surface area contributed by atoms with Gasteiger partial charge in [0.25, 0.3) is 0 Å². The van der Waals surface area contributed by atoms with E-state index in [2.05, 4.69) is 20.1 Å². The first kappa shape index (κ1) is 65.9. The Morgan fingerprint density at radius 2 is 1.27 bits per heavy atom. The highest BCUT2D eigenvalue weighted by molar-refractivity contribution is 6.31. The number of amides is 2. The number of piperazine rings is 1. The first-order valence-corrected chi connectivity index (χ1v) is 27.9. The lowest BCUT2D eigenvalue weighted by Gasteiger charge is -2.39. The molecule has 0 unspecified atom stereocenters. The molecule has 2 amide bonds. The minimum Gasteiger partial charge on any atom is -0.475 e. The minimum absolute atomic E-state index is 0.00969. The number of hydrogen-bond donors (Lipinski definition) is 4. The lowest BCUT2D eigenvalue weighted by Crippen LogP contribution is -2.49. The van der Waals surface area contributed by atoms with Crippen LogP contribution in [-0.4, -0.2) is 207 Å². The molecule has 2 aromatic heterocycles. The number of aryl methyl sites for hydroxylation is 1. The second kappa shape index (κ2) is 35.8. The maximum atomic E-state index is 15.2. The Morgan fingerprint density at radius 3 is 1.80 bits per heavy atom. The Bertz CT molecular complexity index is 2720. The molecule has 21 nitrogen and oxygen atoms in total. The number of carboxylic acid groups (broad SMARTS) is 1. The fourth-order valence-corrected chi connectivity index (χ4v) is 9.03. The maximum Gasteiger partial charge on any atom is 0.490 e. The number of carbonyl (C=O) groups excluding carboxylic acids is 2. The number of piperidine rings is 1. The standard InChI is InChI=1S/C55H74ClFN8O11.C2HF3O2/c1-41-35-43(37-45(57)36-41)47-39-59-54(51(53-61-48-8-7-44(56)38-49(48)62-53)52(47)64-13-9-46(10-14-64)60-55(67)76-40-42-5-3-2-4-6-42)65-17-15-63(16-18-65)50(66)11-19-68-21-23-70-25-27-72-29-31-74-33-34-75-32-30-73-28-26-71-24-22-69-20-12-58;3-2(4,5)1(6)7/h2-8,35-39,46H,9-34,40,58H2,1H3,(H,60,67)(H,61,62);(H,6,7). The summed E-state index contributed by atoms with van der Waals surface area (Å²) in [6.07, 6.45) is -2.20. The van der Waals surface area contributed by atoms with Crippen LogP contribution in [0.15, 0.2) is 72.9 Å². The zero-order valence-corrected chi connectivity index (χ0v) is 47.4. The highest BCUT2D eigenvalue weighted by Gasteiger charge is 2.38. The summed E-state index contributed by atoms with van der Waals surface area (Å²) in [5.74, 6) is -1.82. The van der Waals surface area contributed by atoms with Crippen molar-refractivity contribution in [2.45, 2.75) is 45.0 Å². The second-order valence-corrected chi connectivity index (χ2v) is 19.5. The number of carbonyl (C=O) groups is 3. The van der Waals surface area contributed by atoms with E-state index in [0.717, 1.165) is 33.5 Å². The zero-order valence-electron chi connectivity index (χ0n) is 46.6. The third kappa shape index (κ3) is 23.0. The van der Waals surface area contributed by atoms with Gasteiger partial charge in [-0.3, -0.25) is 4.79 Å². The number of hydrogen-bond acceptors (Lipinski definition) is 17. The summed E-state index contributed by atoms with van der Waals surface area (Å²) in [5.41, 5.74) is 11.6. The molecule has 7 rings (SSSR count). The molecule has 0 spiro atoms. The van der Waals surface area contributed by atoms with Gasteiger partial charge in [0.1, 0.15) is 24.1 Å². The number of halogens is 5. The number of ether oxygens (including phenoxy) is 9. The van der Waals surface area contributed by atoms with Gasteiger partial charge in [0, 0.05) is 68.6 Å². The summed E-state index contributed by atoms with van der Waals surface area (Å²) in [7, 11) is 0. The van der Waals surface area contributed by atoms with Crippen LogP contribution in [0.25, 0.3) is 33.5 Å². The van der Waals surface area contributed by atoms with Gasteiger partial charge in [-0.25, -0.2) is 23.9 Å². The lowest BCUT2D eigenvalue weighted by atomic mass is 9.96. The van der Waals surface area contributed by atoms with E-state index < -0.39 is 18.2 Å². The molecule has 3 aromatic carbocycles. The molecule has 2 saturated heterocycles. The molecule has 83 heavy (non-hydrogen) atoms. The SMILES string of the molecule is Cc1cc(F)cc(-c2cnc(N3CCN(C(=O)CCOCCOCCOCCOCCOCCOCCOCCOCCN)CC3)c(-c3nc4cc(Cl)ccc4[nH]3)c2N2CCC(NC(=O)OCc3ccccc3)CC2)c1.O=C(O)C(F)(F)F. The van der Waals surface area contributed by atoms with Gasteiger partial charge >= 0.3 is 18.2 Å². The predicted molar refractivity (Wildman–Crippen MR) is 302 cm³/mol. The summed E-state index contributed by atoms with van der Waals surface area (Å²) >= 11 is 6.45. The van der Waals surface area contributed by atoms with Crippen molar-refractivity contribution in [2.75, 3.05) is 161 Å². The van der Waals surface area contributed by atoms with Gasteiger partial charge in [-0.15, -0.1) is 0 Å². The van der Waals surface area contributed by atoms with Crippen LogP contribution < -0.4 is 20.9 Å². The van der Waals surface area contributed by atoms with Crippen molar-refractivity contribution in [2.24, 2.45) is 5.73 Å². The number of nitrogens with two attached hydrogens (primary N) is 1. The van der Waals surface area contributed by atoms with E-state index in [-0.39, 0.29) is 37.4 Å². The van der Waals surface area contributed by atoms with Gasteiger partial charge < -0.3 is 78.5 Å². The van der Waals surface area contributed by atoms with E-state index >= 15 is 4.39 Å². The number of alkyl carbamates (subject to hydrolysis) is 1. The lowest BCUT2D eigenvalue weighted by molar-refractivity contribution is -0.192. The number of benzene rings is 3. The van der Waals surface area contributed by atoms with Gasteiger partial charge in [0.2, 0.25) is 5.91 Å². The van der Waals surface area contributed by atoms with Crippen LogP contribution in [0.2, 0.25) is 5.02 Å². The zero-order chi connectivity index (χ0) is 59.2. The van der Waals surface area contributed by atoms with E-state index in [9.17, 15) is 22.8 Å². The quantitative estimate of drug-likeness (QED) is 0.0243. The molecule has 0 radical (unpaired) electrons. The summed E-state index contributed by atoms with van der Waals surface area (Å²) < 4.78 is 96.6. The number of H-pyrrole nitrogens is 1. The fourth-order valence-electron chi connectivity index (χ4n) is 8.87. The number of fused-ring (bicyclic) bond motifs is 1. The number of nitrogens with zero attached hydrogens (tertiary/aromatic N) is 5.